The van der Waals surface area contributed by atoms with E-state index in [2.05, 4.69) is 4.98 Å². The molecule has 0 atom stereocenters. The van der Waals surface area contributed by atoms with Crippen LogP contribution in [0.2, 0.25) is 0 Å². The van der Waals surface area contributed by atoms with E-state index in [1.54, 1.807) is 31.2 Å². The second-order valence-electron chi connectivity index (χ2n) is 5.54. The van der Waals surface area contributed by atoms with Gasteiger partial charge in [0.2, 0.25) is 0 Å². The lowest BCUT2D eigenvalue weighted by molar-refractivity contribution is -0.383. The molecule has 3 rings (SSSR count). The maximum atomic E-state index is 12.6. The molecule has 0 saturated carbocycles. The number of amides is 1. The number of rotatable bonds is 5. The number of para-hydroxylation sites is 1. The van der Waals surface area contributed by atoms with Gasteiger partial charge in [-0.15, -0.1) is 0 Å². The van der Waals surface area contributed by atoms with E-state index in [9.17, 15) is 23.3 Å². The molecule has 9 heteroatoms. The van der Waals surface area contributed by atoms with Gasteiger partial charge >= 0.3 is 0 Å². The number of nitro benzene ring substituents is 1. The normalized spacial score (nSPS) is 11.4. The van der Waals surface area contributed by atoms with E-state index in [0.717, 1.165) is 0 Å². The molecule has 134 valence electrons. The average Bonchev–Trinajstić information content (AvgIpc) is 3.00. The van der Waals surface area contributed by atoms with Gasteiger partial charge < -0.3 is 4.98 Å². The molecule has 26 heavy (non-hydrogen) atoms. The third-order valence-electron chi connectivity index (χ3n) is 3.98. The first-order valence-corrected chi connectivity index (χ1v) is 9.23. The van der Waals surface area contributed by atoms with Crippen molar-refractivity contribution in [2.45, 2.75) is 18.2 Å². The summed E-state index contributed by atoms with van der Waals surface area (Å²) < 4.78 is 26.7. The average molecular weight is 373 g/mol. The number of non-ortho nitro benzene ring substituents is 1. The fourth-order valence-corrected chi connectivity index (χ4v) is 3.78. The Morgan fingerprint density at radius 3 is 2.46 bits per heavy atom. The molecule has 0 radical (unpaired) electrons. The summed E-state index contributed by atoms with van der Waals surface area (Å²) in [5.41, 5.74) is 0.527. The molecule has 0 fully saturated rings. The smallest absolute Gasteiger partial charge is 0.293 e. The molecule has 2 N–H and O–H groups in total. The van der Waals surface area contributed by atoms with Crippen LogP contribution in [0.5, 0.6) is 0 Å². The van der Waals surface area contributed by atoms with Crippen molar-refractivity contribution >= 4 is 32.5 Å². The molecule has 1 amide bonds. The maximum absolute atomic E-state index is 12.6. The molecule has 8 nitrogen and oxygen atoms in total. The van der Waals surface area contributed by atoms with Crippen LogP contribution in [0.3, 0.4) is 0 Å². The second-order valence-corrected chi connectivity index (χ2v) is 7.22. The first kappa shape index (κ1) is 17.6. The lowest BCUT2D eigenvalue weighted by atomic mass is 10.1. The number of carbonyl (C=O) groups is 1. The standard InChI is InChI=1S/C17H15N3O5S/c1-2-12-13-9-6-10-14(20(22)23)15(13)18-16(12)17(21)19-26(24,25)11-7-4-3-5-8-11/h3-10,18H,2H2,1H3,(H,19,21). The van der Waals surface area contributed by atoms with Crippen LogP contribution < -0.4 is 4.72 Å². The van der Waals surface area contributed by atoms with Gasteiger partial charge in [0.25, 0.3) is 21.6 Å². The molecule has 0 aliphatic carbocycles. The SMILES string of the molecule is CCc1c(C(=O)NS(=O)(=O)c2ccccc2)[nH]c2c([N+](=O)[O-])cccc12. The molecule has 1 heterocycles. The summed E-state index contributed by atoms with van der Waals surface area (Å²) in [7, 11) is -4.05. The van der Waals surface area contributed by atoms with Gasteiger partial charge in [0.05, 0.1) is 9.82 Å². The summed E-state index contributed by atoms with van der Waals surface area (Å²) in [6.07, 6.45) is 0.398. The first-order valence-electron chi connectivity index (χ1n) is 7.75. The molecular formula is C17H15N3O5S. The van der Waals surface area contributed by atoms with Crippen molar-refractivity contribution < 1.29 is 18.1 Å². The number of nitrogens with one attached hydrogen (secondary N) is 2. The van der Waals surface area contributed by atoms with Crippen LogP contribution in [-0.2, 0) is 16.4 Å². The summed E-state index contributed by atoms with van der Waals surface area (Å²) in [6.45, 7) is 1.78. The Bertz CT molecular complexity index is 1100. The number of hydrogen-bond donors (Lipinski definition) is 2. The minimum absolute atomic E-state index is 0.00342. The van der Waals surface area contributed by atoms with Gasteiger partial charge in [-0.2, -0.15) is 0 Å². The lowest BCUT2D eigenvalue weighted by Gasteiger charge is -2.07. The summed E-state index contributed by atoms with van der Waals surface area (Å²) in [5.74, 6) is -0.865. The molecule has 0 saturated heterocycles. The molecule has 1 aromatic heterocycles. The Hall–Kier alpha value is -3.20. The maximum Gasteiger partial charge on any atom is 0.293 e. The predicted molar refractivity (Wildman–Crippen MR) is 95.4 cm³/mol. The zero-order valence-corrected chi connectivity index (χ0v) is 14.5. The van der Waals surface area contributed by atoms with Crippen molar-refractivity contribution in [2.75, 3.05) is 0 Å². The van der Waals surface area contributed by atoms with Crippen LogP contribution in [0, 0.1) is 10.1 Å². The number of fused-ring (bicyclic) bond motifs is 1. The van der Waals surface area contributed by atoms with E-state index in [1.165, 1.54) is 24.3 Å². The molecule has 0 spiro atoms. The number of benzene rings is 2. The van der Waals surface area contributed by atoms with Crippen molar-refractivity contribution in [1.29, 1.82) is 0 Å². The zero-order valence-electron chi connectivity index (χ0n) is 13.7. The molecule has 0 aliphatic rings. The second kappa shape index (κ2) is 6.60. The highest BCUT2D eigenvalue weighted by Crippen LogP contribution is 2.30. The number of aryl methyl sites for hydroxylation is 1. The minimum atomic E-state index is -4.05. The molecular weight excluding hydrogens is 358 g/mol. The number of aromatic amines is 1. The lowest BCUT2D eigenvalue weighted by Crippen LogP contribution is -2.31. The predicted octanol–water partition coefficient (Wildman–Crippen LogP) is 2.76. The fraction of sp³-hybridized carbons (Fsp3) is 0.118. The van der Waals surface area contributed by atoms with Crippen molar-refractivity contribution in [3.8, 4) is 0 Å². The molecule has 0 unspecified atom stereocenters. The highest BCUT2D eigenvalue weighted by Gasteiger charge is 2.25. The van der Waals surface area contributed by atoms with Gasteiger partial charge in [-0.05, 0) is 24.1 Å². The van der Waals surface area contributed by atoms with Crippen molar-refractivity contribution in [3.05, 3.63) is 69.9 Å². The van der Waals surface area contributed by atoms with Gasteiger partial charge in [0.1, 0.15) is 11.2 Å². The van der Waals surface area contributed by atoms with Crippen molar-refractivity contribution in [3.63, 3.8) is 0 Å². The van der Waals surface area contributed by atoms with E-state index in [1.807, 2.05) is 4.72 Å². The Kier molecular flexibility index (Phi) is 4.47. The zero-order chi connectivity index (χ0) is 18.9. The molecule has 0 bridgehead atoms. The summed E-state index contributed by atoms with van der Waals surface area (Å²) in [6, 6.07) is 12.0. The Balaban J connectivity index is 2.06. The van der Waals surface area contributed by atoms with Crippen LogP contribution in [-0.4, -0.2) is 24.2 Å². The largest absolute Gasteiger partial charge is 0.345 e. The topological polar surface area (TPSA) is 122 Å². The number of carbonyl (C=O) groups excluding carboxylic acids is 1. The summed E-state index contributed by atoms with van der Waals surface area (Å²) in [4.78, 5) is 25.9. The Labute approximate surface area is 149 Å². The Morgan fingerprint density at radius 1 is 1.15 bits per heavy atom. The number of sulfonamides is 1. The monoisotopic (exact) mass is 373 g/mol. The van der Waals surface area contributed by atoms with E-state index >= 15 is 0 Å². The van der Waals surface area contributed by atoms with E-state index in [0.29, 0.717) is 17.4 Å². The van der Waals surface area contributed by atoms with Gasteiger partial charge in [-0.3, -0.25) is 14.9 Å². The van der Waals surface area contributed by atoms with Crippen LogP contribution >= 0.6 is 0 Å². The van der Waals surface area contributed by atoms with Crippen LogP contribution in [0.4, 0.5) is 5.69 Å². The van der Waals surface area contributed by atoms with E-state index < -0.39 is 20.9 Å². The number of H-pyrrole nitrogens is 1. The van der Waals surface area contributed by atoms with Gasteiger partial charge in [-0.25, -0.2) is 13.1 Å². The van der Waals surface area contributed by atoms with Gasteiger partial charge in [-0.1, -0.05) is 37.3 Å². The Morgan fingerprint density at radius 2 is 1.85 bits per heavy atom. The molecule has 2 aromatic carbocycles. The summed E-state index contributed by atoms with van der Waals surface area (Å²) in [5, 5.41) is 11.7. The number of hydrogen-bond acceptors (Lipinski definition) is 5. The molecule has 3 aromatic rings. The minimum Gasteiger partial charge on any atom is -0.345 e. The first-order chi connectivity index (χ1) is 12.3. The van der Waals surface area contributed by atoms with E-state index in [4.69, 9.17) is 0 Å². The van der Waals surface area contributed by atoms with Gasteiger partial charge in [0, 0.05) is 11.5 Å². The quantitative estimate of drug-likeness (QED) is 0.526. The number of aromatic nitrogens is 1. The third-order valence-corrected chi connectivity index (χ3v) is 5.32. The highest BCUT2D eigenvalue weighted by molar-refractivity contribution is 7.90. The van der Waals surface area contributed by atoms with Crippen LogP contribution in [0.15, 0.2) is 53.4 Å². The van der Waals surface area contributed by atoms with Crippen LogP contribution in [0.1, 0.15) is 23.0 Å². The fourth-order valence-electron chi connectivity index (χ4n) is 2.80. The van der Waals surface area contributed by atoms with Crippen molar-refractivity contribution in [1.82, 2.24) is 9.71 Å². The number of nitro groups is 1. The molecule has 0 aliphatic heterocycles. The number of nitrogens with zero attached hydrogens (tertiary/aromatic N) is 1. The van der Waals surface area contributed by atoms with Gasteiger partial charge in [0.15, 0.2) is 0 Å². The van der Waals surface area contributed by atoms with Crippen LogP contribution in [0.25, 0.3) is 10.9 Å². The van der Waals surface area contributed by atoms with E-state index in [-0.39, 0.29) is 21.8 Å². The highest BCUT2D eigenvalue weighted by atomic mass is 32.2. The third kappa shape index (κ3) is 3.04. The summed E-state index contributed by atoms with van der Waals surface area (Å²) >= 11 is 0. The van der Waals surface area contributed by atoms with Crippen molar-refractivity contribution in [2.24, 2.45) is 0 Å².